The molecule has 2 nitrogen and oxygen atoms in total. The van der Waals surface area contributed by atoms with E-state index in [2.05, 4.69) is 53.9 Å². The van der Waals surface area contributed by atoms with Gasteiger partial charge in [-0.3, -0.25) is 0 Å². The van der Waals surface area contributed by atoms with Crippen molar-refractivity contribution in [2.24, 2.45) is 5.41 Å². The van der Waals surface area contributed by atoms with Crippen molar-refractivity contribution in [1.29, 1.82) is 0 Å². The molecule has 47 heavy (non-hydrogen) atoms. The average Bonchev–Trinajstić information content (AvgIpc) is 3.12. The maximum Gasteiger partial charge on any atom is 0.0799 e. The van der Waals surface area contributed by atoms with Crippen LogP contribution in [0.4, 0.5) is 0 Å². The molecule has 0 spiro atoms. The minimum absolute atomic E-state index is 0. The second-order valence-corrected chi connectivity index (χ2v) is 18.3. The van der Waals surface area contributed by atoms with Gasteiger partial charge in [-0.15, -0.1) is 65.7 Å². The molecule has 6 rings (SSSR count). The Kier molecular flexibility index (Phi) is 10.5. The minimum Gasteiger partial charge on any atom is -0.305 e. The van der Waals surface area contributed by atoms with Crippen LogP contribution in [0.3, 0.4) is 0 Å². The first-order chi connectivity index (χ1) is 23.6. The van der Waals surface area contributed by atoms with Crippen molar-refractivity contribution in [2.45, 2.75) is 53.2 Å². The predicted octanol–water partition coefficient (Wildman–Crippen LogP) is 10.5. The Balaban J connectivity index is 0.000000224. The van der Waals surface area contributed by atoms with E-state index in [1.54, 1.807) is 12.3 Å². The Morgan fingerprint density at radius 1 is 0.681 bits per heavy atom. The molecule has 0 bridgehead atoms. The first-order valence-corrected chi connectivity index (χ1v) is 19.2. The smallest absolute Gasteiger partial charge is 0.0799 e. The molecular weight excluding hydrogens is 765 g/mol. The van der Waals surface area contributed by atoms with Gasteiger partial charge in [0.2, 0.25) is 0 Å². The molecule has 0 amide bonds. The van der Waals surface area contributed by atoms with Crippen LogP contribution in [0.2, 0.25) is 19.6 Å². The summed E-state index contributed by atoms with van der Waals surface area (Å²) in [5.74, 6) is 0. The standard InChI is InChI=1S/C22H22N.C21H22NSi.Ir/c1-22(2,3)16-17-13-14-23-21(15-17)20-11-9-19(10-12-20)18-7-5-4-6-8-18;1-23(2,3)21-16-22-20(18-12-8-5-9-13-18)15-19(21)14-17-10-6-4-7-11-17;/h4-11,13-15H,16H2,1-3H3;4-12,15-16H,14H2,1-3H3;/q2*-1;/i16D2;14D2;. The fourth-order valence-corrected chi connectivity index (χ4v) is 6.41. The van der Waals surface area contributed by atoms with Gasteiger partial charge in [-0.25, -0.2) is 0 Å². The molecule has 0 atom stereocenters. The van der Waals surface area contributed by atoms with Gasteiger partial charge in [-0.2, -0.15) is 0 Å². The summed E-state index contributed by atoms with van der Waals surface area (Å²) in [6.45, 7) is 12.4. The largest absolute Gasteiger partial charge is 0.305 e. The van der Waals surface area contributed by atoms with E-state index in [0.29, 0.717) is 11.1 Å². The summed E-state index contributed by atoms with van der Waals surface area (Å²) in [4.78, 5) is 9.03. The summed E-state index contributed by atoms with van der Waals surface area (Å²) in [6, 6.07) is 45.2. The van der Waals surface area contributed by atoms with Crippen LogP contribution in [-0.2, 0) is 32.9 Å². The molecule has 2 heterocycles. The second-order valence-electron chi connectivity index (χ2n) is 13.3. The van der Waals surface area contributed by atoms with E-state index in [4.69, 9.17) is 5.48 Å². The summed E-state index contributed by atoms with van der Waals surface area (Å²) in [5, 5.41) is 1.06. The Morgan fingerprint density at radius 2 is 1.34 bits per heavy atom. The van der Waals surface area contributed by atoms with E-state index in [-0.39, 0.29) is 20.1 Å². The molecule has 0 N–H and O–H groups in total. The topological polar surface area (TPSA) is 25.8 Å². The predicted molar refractivity (Wildman–Crippen MR) is 198 cm³/mol. The van der Waals surface area contributed by atoms with Gasteiger partial charge in [0, 0.05) is 38.0 Å². The zero-order valence-corrected chi connectivity index (χ0v) is 31.3. The molecule has 0 fully saturated rings. The van der Waals surface area contributed by atoms with Crippen molar-refractivity contribution in [2.75, 3.05) is 0 Å². The molecule has 0 unspecified atom stereocenters. The van der Waals surface area contributed by atoms with E-state index in [0.717, 1.165) is 44.4 Å². The molecule has 0 aliphatic carbocycles. The third-order valence-corrected chi connectivity index (χ3v) is 9.24. The van der Waals surface area contributed by atoms with Crippen molar-refractivity contribution in [3.05, 3.63) is 163 Å². The van der Waals surface area contributed by atoms with Crippen molar-refractivity contribution < 1.29 is 25.6 Å². The van der Waals surface area contributed by atoms with Crippen LogP contribution in [0, 0.1) is 17.5 Å². The summed E-state index contributed by atoms with van der Waals surface area (Å²) in [7, 11) is -1.76. The fraction of sp³-hybridized carbons (Fsp3) is 0.209. The van der Waals surface area contributed by atoms with E-state index >= 15 is 0 Å². The maximum absolute atomic E-state index is 8.84. The Hall–Kier alpha value is -3.95. The van der Waals surface area contributed by atoms with Crippen LogP contribution in [0.5, 0.6) is 0 Å². The maximum atomic E-state index is 8.84. The van der Waals surface area contributed by atoms with E-state index in [9.17, 15) is 0 Å². The molecule has 6 aromatic rings. The molecule has 241 valence electrons. The van der Waals surface area contributed by atoms with Crippen molar-refractivity contribution >= 4 is 13.3 Å². The molecular formula is C43H44IrN2Si-2. The number of benzene rings is 4. The average molecular weight is 813 g/mol. The van der Waals surface area contributed by atoms with Crippen LogP contribution in [0.1, 0.15) is 42.9 Å². The quantitative estimate of drug-likeness (QED) is 0.119. The number of nitrogens with zero attached hydrogens (tertiary/aromatic N) is 2. The summed E-state index contributed by atoms with van der Waals surface area (Å²) < 4.78 is 34.6. The van der Waals surface area contributed by atoms with Gasteiger partial charge >= 0.3 is 0 Å². The fourth-order valence-electron chi connectivity index (χ4n) is 5.02. The van der Waals surface area contributed by atoms with E-state index in [1.807, 2.05) is 130 Å². The van der Waals surface area contributed by atoms with Gasteiger partial charge in [0.05, 0.1) is 8.07 Å². The Labute approximate surface area is 302 Å². The first kappa shape index (κ1) is 30.4. The van der Waals surface area contributed by atoms with Gasteiger partial charge in [0.15, 0.2) is 0 Å². The van der Waals surface area contributed by atoms with Gasteiger partial charge < -0.3 is 9.97 Å². The normalized spacial score (nSPS) is 13.1. The Bertz CT molecular complexity index is 2010. The van der Waals surface area contributed by atoms with Crippen molar-refractivity contribution in [1.82, 2.24) is 9.97 Å². The van der Waals surface area contributed by atoms with Crippen LogP contribution in [0.15, 0.2) is 134 Å². The molecule has 2 aromatic heterocycles. The minimum atomic E-state index is -1.76. The number of hydrogen-bond donors (Lipinski definition) is 0. The number of rotatable bonds is 7. The second kappa shape index (κ2) is 16.2. The van der Waals surface area contributed by atoms with Crippen molar-refractivity contribution in [3.8, 4) is 33.6 Å². The van der Waals surface area contributed by atoms with Crippen LogP contribution < -0.4 is 5.19 Å². The molecule has 0 aliphatic rings. The zero-order chi connectivity index (χ0) is 36.2. The molecule has 0 saturated carbocycles. The van der Waals surface area contributed by atoms with Gasteiger partial charge in [0.1, 0.15) is 0 Å². The number of aromatic nitrogens is 2. The van der Waals surface area contributed by atoms with Gasteiger partial charge in [-0.1, -0.05) is 135 Å². The summed E-state index contributed by atoms with van der Waals surface area (Å²) in [6.07, 6.45) is 0.545. The summed E-state index contributed by atoms with van der Waals surface area (Å²) >= 11 is 0. The third-order valence-electron chi connectivity index (χ3n) is 7.22. The number of hydrogen-bond acceptors (Lipinski definition) is 2. The van der Waals surface area contributed by atoms with Crippen molar-refractivity contribution in [3.63, 3.8) is 0 Å². The van der Waals surface area contributed by atoms with E-state index < -0.39 is 26.2 Å². The molecule has 0 saturated heterocycles. The van der Waals surface area contributed by atoms with E-state index in [1.165, 1.54) is 0 Å². The molecule has 1 radical (unpaired) electrons. The number of pyridine rings is 2. The van der Waals surface area contributed by atoms with Gasteiger partial charge in [-0.05, 0) is 46.4 Å². The van der Waals surface area contributed by atoms with Gasteiger partial charge in [0.25, 0.3) is 0 Å². The molecule has 0 aliphatic heterocycles. The molecule has 4 aromatic carbocycles. The third kappa shape index (κ3) is 10.5. The Morgan fingerprint density at radius 3 is 1.96 bits per heavy atom. The molecule has 4 heteroatoms. The van der Waals surface area contributed by atoms with Crippen LogP contribution in [0.25, 0.3) is 33.6 Å². The SMILES string of the molecule is [2H]C([2H])(c1ccccc1)c1cc(-c2[c-]cccc2)ncc1[Si](C)(C)C.[2H]C([2H])(c1ccnc(-c2[c-]cc(-c3ccccc3)cc2)c1)C(C)(C)C.[Ir]. The zero-order valence-electron chi connectivity index (χ0n) is 31.9. The van der Waals surface area contributed by atoms with Crippen LogP contribution >= 0.6 is 0 Å². The first-order valence-electron chi connectivity index (χ1n) is 17.7. The summed E-state index contributed by atoms with van der Waals surface area (Å²) in [5.41, 5.74) is 7.05. The van der Waals surface area contributed by atoms with Crippen LogP contribution in [-0.4, -0.2) is 18.0 Å². The monoisotopic (exact) mass is 813 g/mol.